The van der Waals surface area contributed by atoms with E-state index in [0.29, 0.717) is 11.6 Å². The summed E-state index contributed by atoms with van der Waals surface area (Å²) < 4.78 is 18.0. The summed E-state index contributed by atoms with van der Waals surface area (Å²) in [6, 6.07) is 3.81. The van der Waals surface area contributed by atoms with Gasteiger partial charge in [0.25, 0.3) is 0 Å². The Morgan fingerprint density at radius 2 is 2.27 bits per heavy atom. The maximum atomic E-state index is 13.2. The smallest absolute Gasteiger partial charge is 0.341 e. The summed E-state index contributed by atoms with van der Waals surface area (Å²) in [6.45, 7) is 2.29. The molecule has 0 amide bonds. The van der Waals surface area contributed by atoms with Gasteiger partial charge in [0.05, 0.1) is 12.2 Å². The van der Waals surface area contributed by atoms with Crippen molar-refractivity contribution in [1.29, 1.82) is 0 Å². The molecule has 0 atom stereocenters. The van der Waals surface area contributed by atoms with E-state index in [0.717, 1.165) is 18.9 Å². The Balaban J connectivity index is 2.68. The molecule has 0 aliphatic heterocycles. The van der Waals surface area contributed by atoms with Gasteiger partial charge in [0.2, 0.25) is 0 Å². The van der Waals surface area contributed by atoms with Crippen molar-refractivity contribution in [1.82, 2.24) is 0 Å². The van der Waals surface area contributed by atoms with E-state index in [1.54, 1.807) is 0 Å². The third kappa shape index (κ3) is 3.51. The topological polar surface area (TPSA) is 26.3 Å². The first-order valence-electron chi connectivity index (χ1n) is 4.77. The first-order chi connectivity index (χ1) is 7.15. The number of hydrogen-bond acceptors (Lipinski definition) is 2. The third-order valence-corrected chi connectivity index (χ3v) is 2.11. The molecule has 1 aromatic carbocycles. The van der Waals surface area contributed by atoms with E-state index < -0.39 is 11.8 Å². The number of benzene rings is 1. The molecule has 0 bridgehead atoms. The van der Waals surface area contributed by atoms with Crippen LogP contribution in [0.2, 0.25) is 5.02 Å². The fourth-order valence-corrected chi connectivity index (χ4v) is 1.21. The van der Waals surface area contributed by atoms with Crippen LogP contribution in [0.5, 0.6) is 0 Å². The predicted octanol–water partition coefficient (Wildman–Crippen LogP) is 3.44. The van der Waals surface area contributed by atoms with Crippen molar-refractivity contribution in [3.05, 3.63) is 34.6 Å². The number of hydrogen-bond donors (Lipinski definition) is 0. The molecule has 0 aliphatic rings. The van der Waals surface area contributed by atoms with Crippen molar-refractivity contribution in [3.63, 3.8) is 0 Å². The highest BCUT2D eigenvalue weighted by atomic mass is 35.5. The number of carbonyl (C=O) groups is 1. The van der Waals surface area contributed by atoms with Gasteiger partial charge in [-0.25, -0.2) is 9.18 Å². The molecule has 0 heterocycles. The number of esters is 1. The van der Waals surface area contributed by atoms with Gasteiger partial charge >= 0.3 is 5.97 Å². The van der Waals surface area contributed by atoms with E-state index in [2.05, 4.69) is 0 Å². The van der Waals surface area contributed by atoms with Crippen LogP contribution < -0.4 is 0 Å². The molecule has 0 radical (unpaired) electrons. The number of carbonyl (C=O) groups excluding carboxylic acids is 1. The summed E-state index contributed by atoms with van der Waals surface area (Å²) in [5.41, 5.74) is -0.112. The van der Waals surface area contributed by atoms with Crippen LogP contribution in [0.1, 0.15) is 30.1 Å². The van der Waals surface area contributed by atoms with Crippen molar-refractivity contribution in [2.24, 2.45) is 0 Å². The van der Waals surface area contributed by atoms with Crippen molar-refractivity contribution in [3.8, 4) is 0 Å². The van der Waals surface area contributed by atoms with E-state index in [-0.39, 0.29) is 5.56 Å². The predicted molar refractivity (Wildman–Crippen MR) is 56.6 cm³/mol. The monoisotopic (exact) mass is 230 g/mol. The average Bonchev–Trinajstić information content (AvgIpc) is 2.22. The minimum atomic E-state index is -0.663. The van der Waals surface area contributed by atoms with Crippen molar-refractivity contribution >= 4 is 17.6 Å². The Morgan fingerprint density at radius 3 is 2.93 bits per heavy atom. The lowest BCUT2D eigenvalue weighted by Gasteiger charge is -2.04. The zero-order chi connectivity index (χ0) is 11.3. The standard InChI is InChI=1S/C11H12ClFO2/c1-2-3-6-15-11(14)9-7-8(12)4-5-10(9)13/h4-5,7H,2-3,6H2,1H3. The van der Waals surface area contributed by atoms with Gasteiger partial charge in [-0.2, -0.15) is 0 Å². The minimum absolute atomic E-state index is 0.112. The highest BCUT2D eigenvalue weighted by Crippen LogP contribution is 2.15. The molecule has 0 unspecified atom stereocenters. The van der Waals surface area contributed by atoms with Gasteiger partial charge in [-0.15, -0.1) is 0 Å². The van der Waals surface area contributed by atoms with E-state index >= 15 is 0 Å². The SMILES string of the molecule is CCCCOC(=O)c1cc(Cl)ccc1F. The Kier molecular flexibility index (Phi) is 4.56. The normalized spacial score (nSPS) is 10.1. The number of halogens is 2. The van der Waals surface area contributed by atoms with Crippen molar-refractivity contribution in [2.45, 2.75) is 19.8 Å². The Labute approximate surface area is 93.0 Å². The van der Waals surface area contributed by atoms with Crippen LogP contribution in [0, 0.1) is 5.82 Å². The zero-order valence-electron chi connectivity index (χ0n) is 8.43. The van der Waals surface area contributed by atoms with Crippen molar-refractivity contribution in [2.75, 3.05) is 6.61 Å². The molecule has 1 aromatic rings. The van der Waals surface area contributed by atoms with Gasteiger partial charge in [-0.3, -0.25) is 0 Å². The Morgan fingerprint density at radius 1 is 1.53 bits per heavy atom. The van der Waals surface area contributed by atoms with Gasteiger partial charge in [-0.05, 0) is 24.6 Å². The lowest BCUT2D eigenvalue weighted by atomic mass is 10.2. The molecule has 0 saturated heterocycles. The maximum absolute atomic E-state index is 13.2. The fraction of sp³-hybridized carbons (Fsp3) is 0.364. The largest absolute Gasteiger partial charge is 0.462 e. The van der Waals surface area contributed by atoms with E-state index in [4.69, 9.17) is 16.3 Å². The van der Waals surface area contributed by atoms with Gasteiger partial charge in [0.1, 0.15) is 5.82 Å². The van der Waals surface area contributed by atoms with Gasteiger partial charge in [0.15, 0.2) is 0 Å². The van der Waals surface area contributed by atoms with Gasteiger partial charge in [-0.1, -0.05) is 24.9 Å². The zero-order valence-corrected chi connectivity index (χ0v) is 9.18. The molecule has 0 saturated carbocycles. The van der Waals surface area contributed by atoms with E-state index in [9.17, 15) is 9.18 Å². The molecule has 0 aromatic heterocycles. The molecular formula is C11H12ClFO2. The summed E-state index contributed by atoms with van der Waals surface area (Å²) >= 11 is 5.65. The van der Waals surface area contributed by atoms with Crippen LogP contribution in [0.15, 0.2) is 18.2 Å². The molecular weight excluding hydrogens is 219 g/mol. The number of rotatable bonds is 4. The summed E-state index contributed by atoms with van der Waals surface area (Å²) in [7, 11) is 0. The molecule has 15 heavy (non-hydrogen) atoms. The van der Waals surface area contributed by atoms with Crippen LogP contribution in [-0.2, 0) is 4.74 Å². The summed E-state index contributed by atoms with van der Waals surface area (Å²) in [5.74, 6) is -1.27. The van der Waals surface area contributed by atoms with Crippen LogP contribution in [-0.4, -0.2) is 12.6 Å². The highest BCUT2D eigenvalue weighted by Gasteiger charge is 2.13. The molecule has 0 N–H and O–H groups in total. The Bertz CT molecular complexity index is 352. The van der Waals surface area contributed by atoms with Crippen molar-refractivity contribution < 1.29 is 13.9 Å². The summed E-state index contributed by atoms with van der Waals surface area (Å²) in [5, 5.41) is 0.318. The van der Waals surface area contributed by atoms with Crippen LogP contribution in [0.4, 0.5) is 4.39 Å². The van der Waals surface area contributed by atoms with Gasteiger partial charge in [0, 0.05) is 5.02 Å². The second-order valence-corrected chi connectivity index (χ2v) is 3.55. The maximum Gasteiger partial charge on any atom is 0.341 e. The molecule has 1 rings (SSSR count). The summed E-state index contributed by atoms with van der Waals surface area (Å²) in [4.78, 5) is 11.4. The van der Waals surface area contributed by atoms with Crippen LogP contribution >= 0.6 is 11.6 Å². The quantitative estimate of drug-likeness (QED) is 0.585. The Hall–Kier alpha value is -1.09. The van der Waals surface area contributed by atoms with Crippen LogP contribution in [0.3, 0.4) is 0 Å². The third-order valence-electron chi connectivity index (χ3n) is 1.88. The highest BCUT2D eigenvalue weighted by molar-refractivity contribution is 6.30. The summed E-state index contributed by atoms with van der Waals surface area (Å²) in [6.07, 6.45) is 1.69. The molecule has 4 heteroatoms. The van der Waals surface area contributed by atoms with E-state index in [1.165, 1.54) is 12.1 Å². The average molecular weight is 231 g/mol. The lowest BCUT2D eigenvalue weighted by Crippen LogP contribution is -2.08. The molecule has 82 valence electrons. The molecule has 0 aliphatic carbocycles. The molecule has 0 fully saturated rings. The lowest BCUT2D eigenvalue weighted by molar-refractivity contribution is 0.0494. The number of ether oxygens (including phenoxy) is 1. The first-order valence-corrected chi connectivity index (χ1v) is 5.15. The van der Waals surface area contributed by atoms with Gasteiger partial charge < -0.3 is 4.74 Å². The first kappa shape index (κ1) is 12.0. The number of unbranched alkanes of at least 4 members (excludes halogenated alkanes) is 1. The second kappa shape index (κ2) is 5.71. The molecule has 0 spiro atoms. The van der Waals surface area contributed by atoms with E-state index in [1.807, 2.05) is 6.92 Å². The fourth-order valence-electron chi connectivity index (χ4n) is 1.04. The second-order valence-electron chi connectivity index (χ2n) is 3.11. The van der Waals surface area contributed by atoms with Crippen LogP contribution in [0.25, 0.3) is 0 Å². The molecule has 2 nitrogen and oxygen atoms in total. The minimum Gasteiger partial charge on any atom is -0.462 e.